The van der Waals surface area contributed by atoms with Crippen molar-refractivity contribution in [1.29, 1.82) is 0 Å². The second kappa shape index (κ2) is 2.32. The molecule has 0 spiro atoms. The average molecular weight is 200 g/mol. The summed E-state index contributed by atoms with van der Waals surface area (Å²) in [5.74, 6) is 0. The van der Waals surface area contributed by atoms with Crippen LogP contribution in [0.3, 0.4) is 0 Å². The van der Waals surface area contributed by atoms with Crippen LogP contribution in [0.25, 0.3) is 0 Å². The molecule has 3 rings (SSSR count). The molecule has 3 aliphatic rings. The highest BCUT2D eigenvalue weighted by Gasteiger charge is 2.74. The van der Waals surface area contributed by atoms with Crippen LogP contribution in [0, 0.1) is 0 Å². The Kier molecular flexibility index (Phi) is 1.51. The highest BCUT2D eigenvalue weighted by molar-refractivity contribution is 5.22. The van der Waals surface area contributed by atoms with Gasteiger partial charge in [-0.05, 0) is 13.8 Å². The first kappa shape index (κ1) is 9.09. The topological polar surface area (TPSA) is 47.9 Å². The molecule has 3 heterocycles. The van der Waals surface area contributed by atoms with Gasteiger partial charge in [0.1, 0.15) is 23.9 Å². The molecule has 1 N–H and O–H groups in total. The Morgan fingerprint density at radius 3 is 2.71 bits per heavy atom. The third-order valence-electron chi connectivity index (χ3n) is 4.04. The summed E-state index contributed by atoms with van der Waals surface area (Å²) in [7, 11) is 1.69. The number of hydrogen-bond acceptors (Lipinski definition) is 4. The summed E-state index contributed by atoms with van der Waals surface area (Å²) in [6, 6.07) is 0. The minimum absolute atomic E-state index is 0.0114. The Morgan fingerprint density at radius 2 is 2.07 bits per heavy atom. The number of methoxy groups -OCH3 is 1. The maximum Gasteiger partial charge on any atom is 0.124 e. The molecule has 4 nitrogen and oxygen atoms in total. The maximum atomic E-state index is 10.0. The fraction of sp³-hybridized carbons (Fsp3) is 1.00. The van der Waals surface area contributed by atoms with E-state index in [2.05, 4.69) is 0 Å². The fourth-order valence-electron chi connectivity index (χ4n) is 3.24. The van der Waals surface area contributed by atoms with Crippen molar-refractivity contribution >= 4 is 0 Å². The summed E-state index contributed by atoms with van der Waals surface area (Å²) in [4.78, 5) is 0. The minimum atomic E-state index is -0.524. The van der Waals surface area contributed by atoms with Crippen LogP contribution in [-0.4, -0.2) is 47.8 Å². The summed E-state index contributed by atoms with van der Waals surface area (Å²) in [6.45, 7) is 3.94. The Labute approximate surface area is 83.1 Å². The molecule has 3 saturated heterocycles. The summed E-state index contributed by atoms with van der Waals surface area (Å²) in [6.07, 6.45) is 0.0537. The number of hydrogen-bond donors (Lipinski definition) is 1. The van der Waals surface area contributed by atoms with E-state index in [0.717, 1.165) is 0 Å². The predicted octanol–water partition coefficient (Wildman–Crippen LogP) is 0.0810. The number of ether oxygens (including phenoxy) is 3. The van der Waals surface area contributed by atoms with Crippen LogP contribution in [0.4, 0.5) is 0 Å². The molecular formula is C10H16O4. The van der Waals surface area contributed by atoms with Gasteiger partial charge in [0.15, 0.2) is 0 Å². The van der Waals surface area contributed by atoms with Crippen LogP contribution in [0.1, 0.15) is 20.3 Å². The first-order valence-electron chi connectivity index (χ1n) is 5.08. The van der Waals surface area contributed by atoms with Gasteiger partial charge in [-0.15, -0.1) is 0 Å². The van der Waals surface area contributed by atoms with Crippen molar-refractivity contribution < 1.29 is 19.3 Å². The van der Waals surface area contributed by atoms with Crippen molar-refractivity contribution in [2.75, 3.05) is 7.11 Å². The minimum Gasteiger partial charge on any atom is -0.387 e. The van der Waals surface area contributed by atoms with Crippen molar-refractivity contribution in [1.82, 2.24) is 0 Å². The number of aliphatic hydroxyl groups excluding tert-OH is 1. The van der Waals surface area contributed by atoms with Crippen LogP contribution in [0.15, 0.2) is 0 Å². The van der Waals surface area contributed by atoms with Crippen LogP contribution < -0.4 is 0 Å². The van der Waals surface area contributed by atoms with Crippen molar-refractivity contribution in [2.24, 2.45) is 0 Å². The van der Waals surface area contributed by atoms with Gasteiger partial charge in [0, 0.05) is 13.5 Å². The van der Waals surface area contributed by atoms with E-state index < -0.39 is 11.7 Å². The SMILES string of the molecule is CO[C@H]1C[C@]2(C)O[C@@]3(C)[C@@H]1O[C@@H]3[C@H]2O. The first-order valence-corrected chi connectivity index (χ1v) is 5.08. The molecule has 0 saturated carbocycles. The molecule has 4 heteroatoms. The Morgan fingerprint density at radius 1 is 1.36 bits per heavy atom. The maximum absolute atomic E-state index is 10.0. The molecule has 3 fully saturated rings. The molecule has 0 aliphatic carbocycles. The highest BCUT2D eigenvalue weighted by atomic mass is 16.7. The van der Waals surface area contributed by atoms with E-state index >= 15 is 0 Å². The molecular weight excluding hydrogens is 184 g/mol. The lowest BCUT2D eigenvalue weighted by Gasteiger charge is -2.53. The van der Waals surface area contributed by atoms with Crippen LogP contribution >= 0.6 is 0 Å². The van der Waals surface area contributed by atoms with Crippen LogP contribution in [0.2, 0.25) is 0 Å². The van der Waals surface area contributed by atoms with E-state index in [0.29, 0.717) is 6.42 Å². The molecule has 2 bridgehead atoms. The van der Waals surface area contributed by atoms with Gasteiger partial charge >= 0.3 is 0 Å². The van der Waals surface area contributed by atoms with Gasteiger partial charge in [-0.2, -0.15) is 0 Å². The van der Waals surface area contributed by atoms with E-state index in [9.17, 15) is 5.11 Å². The summed E-state index contributed by atoms with van der Waals surface area (Å²) < 4.78 is 16.9. The van der Waals surface area contributed by atoms with Crippen molar-refractivity contribution in [3.8, 4) is 0 Å². The van der Waals surface area contributed by atoms with E-state index in [-0.39, 0.29) is 23.9 Å². The van der Waals surface area contributed by atoms with E-state index in [1.807, 2.05) is 13.8 Å². The quantitative estimate of drug-likeness (QED) is 0.651. The van der Waals surface area contributed by atoms with Gasteiger partial charge in [-0.3, -0.25) is 0 Å². The monoisotopic (exact) mass is 200 g/mol. The average Bonchev–Trinajstić information content (AvgIpc) is 2.25. The van der Waals surface area contributed by atoms with E-state index in [1.165, 1.54) is 0 Å². The van der Waals surface area contributed by atoms with E-state index in [4.69, 9.17) is 14.2 Å². The summed E-state index contributed by atoms with van der Waals surface area (Å²) in [5.41, 5.74) is -0.833. The largest absolute Gasteiger partial charge is 0.387 e. The van der Waals surface area contributed by atoms with Gasteiger partial charge in [-0.25, -0.2) is 0 Å². The Bertz CT molecular complexity index is 273. The zero-order chi connectivity index (χ0) is 10.1. The van der Waals surface area contributed by atoms with Crippen LogP contribution in [0.5, 0.6) is 0 Å². The van der Waals surface area contributed by atoms with Crippen molar-refractivity contribution in [2.45, 2.75) is 55.9 Å². The Balaban J connectivity index is 2.01. The molecule has 3 aliphatic heterocycles. The molecule has 0 aromatic carbocycles. The predicted molar refractivity (Wildman–Crippen MR) is 48.0 cm³/mol. The fourth-order valence-corrected chi connectivity index (χ4v) is 3.24. The molecule has 0 unspecified atom stereocenters. The Hall–Kier alpha value is -0.160. The summed E-state index contributed by atoms with van der Waals surface area (Å²) >= 11 is 0. The second-order valence-corrected chi connectivity index (χ2v) is 5.00. The normalized spacial score (nSPS) is 65.1. The van der Waals surface area contributed by atoms with Crippen LogP contribution in [-0.2, 0) is 14.2 Å². The standard InChI is InChI=1S/C10H16O4/c1-9-4-5(12-3)7-10(2,14-9)8(13-7)6(9)11/h5-8,11H,4H2,1-3H3/t5-,6+,7+,8+,9-,10-/m0/s1. The van der Waals surface area contributed by atoms with Gasteiger partial charge in [0.05, 0.1) is 11.7 Å². The molecule has 0 amide bonds. The third-order valence-corrected chi connectivity index (χ3v) is 4.04. The summed E-state index contributed by atoms with van der Waals surface area (Å²) in [5, 5.41) is 10.0. The molecule has 0 radical (unpaired) electrons. The zero-order valence-corrected chi connectivity index (χ0v) is 8.69. The lowest BCUT2D eigenvalue weighted by Crippen LogP contribution is -2.68. The molecule has 0 aromatic rings. The molecule has 80 valence electrons. The first-order chi connectivity index (χ1) is 6.51. The zero-order valence-electron chi connectivity index (χ0n) is 8.69. The van der Waals surface area contributed by atoms with Gasteiger partial charge in [0.25, 0.3) is 0 Å². The molecule has 6 atom stereocenters. The number of rotatable bonds is 1. The highest BCUT2D eigenvalue weighted by Crippen LogP contribution is 2.57. The lowest BCUT2D eigenvalue weighted by atomic mass is 9.83. The molecule has 14 heavy (non-hydrogen) atoms. The van der Waals surface area contributed by atoms with E-state index in [1.54, 1.807) is 7.11 Å². The van der Waals surface area contributed by atoms with Gasteiger partial charge in [-0.1, -0.05) is 0 Å². The second-order valence-electron chi connectivity index (χ2n) is 5.00. The molecule has 0 aromatic heterocycles. The van der Waals surface area contributed by atoms with Gasteiger partial charge in [0.2, 0.25) is 0 Å². The number of aliphatic hydroxyl groups is 1. The third kappa shape index (κ3) is 0.758. The number of fused-ring (bicyclic) bond motifs is 1. The van der Waals surface area contributed by atoms with Crippen molar-refractivity contribution in [3.63, 3.8) is 0 Å². The van der Waals surface area contributed by atoms with Gasteiger partial charge < -0.3 is 19.3 Å². The smallest absolute Gasteiger partial charge is 0.124 e. The lowest BCUT2D eigenvalue weighted by molar-refractivity contribution is -0.327. The van der Waals surface area contributed by atoms with Crippen molar-refractivity contribution in [3.05, 3.63) is 0 Å².